The summed E-state index contributed by atoms with van der Waals surface area (Å²) >= 11 is 0. The lowest BCUT2D eigenvalue weighted by Crippen LogP contribution is -2.44. The van der Waals surface area contributed by atoms with Gasteiger partial charge in [-0.1, -0.05) is 24.3 Å². The molecule has 32 heavy (non-hydrogen) atoms. The number of rotatable bonds is 5. The van der Waals surface area contributed by atoms with Crippen molar-refractivity contribution in [2.75, 3.05) is 25.0 Å². The number of para-hydroxylation sites is 1. The molecule has 1 unspecified atom stereocenters. The van der Waals surface area contributed by atoms with Crippen molar-refractivity contribution >= 4 is 17.6 Å². The van der Waals surface area contributed by atoms with Crippen LogP contribution in [0.15, 0.2) is 60.7 Å². The molecule has 1 saturated heterocycles. The standard InChI is InChI=1S/C24H26FN5O2/c1-17-13-22(28-30(17)21-10-3-2-4-11-21)23(31)29-12-6-7-18(16-29)15-26-24(32)27-20-9-5-8-19(25)14-20/h2-5,8-11,13-14,18H,6-7,12,15-16H2,1H3,(H2,26,27,32). The van der Waals surface area contributed by atoms with Gasteiger partial charge in [0.2, 0.25) is 0 Å². The van der Waals surface area contributed by atoms with Crippen LogP contribution in [-0.4, -0.2) is 46.3 Å². The summed E-state index contributed by atoms with van der Waals surface area (Å²) in [7, 11) is 0. The number of nitrogens with zero attached hydrogens (tertiary/aromatic N) is 3. The number of aromatic nitrogens is 2. The lowest BCUT2D eigenvalue weighted by atomic mass is 9.98. The molecule has 0 saturated carbocycles. The Balaban J connectivity index is 1.33. The fraction of sp³-hybridized carbons (Fsp3) is 0.292. The Bertz CT molecular complexity index is 1100. The Morgan fingerprint density at radius 2 is 1.94 bits per heavy atom. The van der Waals surface area contributed by atoms with Gasteiger partial charge in [0.1, 0.15) is 5.82 Å². The second-order valence-electron chi connectivity index (χ2n) is 8.02. The SMILES string of the molecule is Cc1cc(C(=O)N2CCCC(CNC(=O)Nc3cccc(F)c3)C2)nn1-c1ccccc1. The van der Waals surface area contributed by atoms with E-state index < -0.39 is 11.8 Å². The molecule has 1 aliphatic rings. The van der Waals surface area contributed by atoms with E-state index in [-0.39, 0.29) is 11.8 Å². The van der Waals surface area contributed by atoms with E-state index >= 15 is 0 Å². The maximum absolute atomic E-state index is 13.3. The molecule has 0 spiro atoms. The summed E-state index contributed by atoms with van der Waals surface area (Å²) in [6.45, 7) is 3.58. The molecule has 2 heterocycles. The molecule has 1 aliphatic heterocycles. The van der Waals surface area contributed by atoms with Crippen LogP contribution in [-0.2, 0) is 0 Å². The molecule has 4 rings (SSSR count). The highest BCUT2D eigenvalue weighted by molar-refractivity contribution is 5.92. The van der Waals surface area contributed by atoms with Crippen LogP contribution in [0.1, 0.15) is 29.0 Å². The highest BCUT2D eigenvalue weighted by Gasteiger charge is 2.26. The minimum Gasteiger partial charge on any atom is -0.338 e. The van der Waals surface area contributed by atoms with Crippen molar-refractivity contribution in [1.82, 2.24) is 20.0 Å². The molecule has 8 heteroatoms. The maximum atomic E-state index is 13.3. The first kappa shape index (κ1) is 21.5. The minimum atomic E-state index is -0.408. The van der Waals surface area contributed by atoms with Gasteiger partial charge in [0.15, 0.2) is 5.69 Å². The number of hydrogen-bond acceptors (Lipinski definition) is 3. The number of carbonyl (C=O) groups is 2. The van der Waals surface area contributed by atoms with Gasteiger partial charge < -0.3 is 15.5 Å². The monoisotopic (exact) mass is 435 g/mol. The fourth-order valence-corrected chi connectivity index (χ4v) is 3.97. The van der Waals surface area contributed by atoms with E-state index in [1.54, 1.807) is 15.6 Å². The van der Waals surface area contributed by atoms with E-state index in [1.165, 1.54) is 18.2 Å². The Labute approximate surface area is 186 Å². The molecule has 1 fully saturated rings. The Hall–Kier alpha value is -3.68. The molecule has 1 atom stereocenters. The first-order chi connectivity index (χ1) is 15.5. The zero-order chi connectivity index (χ0) is 22.5. The molecule has 3 amide bonds. The molecule has 166 valence electrons. The third-order valence-electron chi connectivity index (χ3n) is 5.55. The first-order valence-electron chi connectivity index (χ1n) is 10.7. The number of likely N-dealkylation sites (tertiary alicyclic amines) is 1. The Morgan fingerprint density at radius 1 is 1.12 bits per heavy atom. The zero-order valence-corrected chi connectivity index (χ0v) is 17.9. The summed E-state index contributed by atoms with van der Waals surface area (Å²) in [5, 5.41) is 9.97. The molecule has 7 nitrogen and oxygen atoms in total. The number of nitrogens with one attached hydrogen (secondary N) is 2. The van der Waals surface area contributed by atoms with Crippen LogP contribution >= 0.6 is 0 Å². The molecule has 0 bridgehead atoms. The fourth-order valence-electron chi connectivity index (χ4n) is 3.97. The van der Waals surface area contributed by atoms with Crippen molar-refractivity contribution in [1.29, 1.82) is 0 Å². The molecular weight excluding hydrogens is 409 g/mol. The number of amides is 3. The minimum absolute atomic E-state index is 0.100. The average Bonchev–Trinajstić information content (AvgIpc) is 3.19. The van der Waals surface area contributed by atoms with E-state index in [1.807, 2.05) is 43.3 Å². The van der Waals surface area contributed by atoms with Crippen molar-refractivity contribution in [2.24, 2.45) is 5.92 Å². The summed E-state index contributed by atoms with van der Waals surface area (Å²) in [6, 6.07) is 16.9. The zero-order valence-electron chi connectivity index (χ0n) is 17.9. The van der Waals surface area contributed by atoms with Crippen LogP contribution in [0.5, 0.6) is 0 Å². The third kappa shape index (κ3) is 5.14. The van der Waals surface area contributed by atoms with Crippen LogP contribution in [0, 0.1) is 18.7 Å². The van der Waals surface area contributed by atoms with Crippen LogP contribution in [0.4, 0.5) is 14.9 Å². The van der Waals surface area contributed by atoms with Crippen LogP contribution < -0.4 is 10.6 Å². The lowest BCUT2D eigenvalue weighted by molar-refractivity contribution is 0.0668. The van der Waals surface area contributed by atoms with Crippen LogP contribution in [0.2, 0.25) is 0 Å². The summed E-state index contributed by atoms with van der Waals surface area (Å²) in [5.41, 5.74) is 2.62. The van der Waals surface area contributed by atoms with Crippen LogP contribution in [0.3, 0.4) is 0 Å². The van der Waals surface area contributed by atoms with Crippen molar-refractivity contribution < 1.29 is 14.0 Å². The normalized spacial score (nSPS) is 15.9. The quantitative estimate of drug-likeness (QED) is 0.636. The van der Waals surface area contributed by atoms with Gasteiger partial charge in [-0.2, -0.15) is 5.10 Å². The summed E-state index contributed by atoms with van der Waals surface area (Å²) in [5.74, 6) is -0.367. The molecule has 1 aromatic heterocycles. The summed E-state index contributed by atoms with van der Waals surface area (Å²) in [4.78, 5) is 27.0. The number of aryl methyl sites for hydroxylation is 1. The van der Waals surface area contributed by atoms with E-state index in [0.717, 1.165) is 24.2 Å². The molecule has 2 N–H and O–H groups in total. The highest BCUT2D eigenvalue weighted by Crippen LogP contribution is 2.19. The number of anilines is 1. The van der Waals surface area contributed by atoms with Gasteiger partial charge in [0, 0.05) is 31.0 Å². The van der Waals surface area contributed by atoms with E-state index in [2.05, 4.69) is 15.7 Å². The van der Waals surface area contributed by atoms with E-state index in [9.17, 15) is 14.0 Å². The second kappa shape index (κ2) is 9.64. The smallest absolute Gasteiger partial charge is 0.319 e. The highest BCUT2D eigenvalue weighted by atomic mass is 19.1. The number of piperidine rings is 1. The van der Waals surface area contributed by atoms with Crippen molar-refractivity contribution in [3.8, 4) is 5.69 Å². The number of carbonyl (C=O) groups excluding carboxylic acids is 2. The van der Waals surface area contributed by atoms with Gasteiger partial charge in [-0.15, -0.1) is 0 Å². The largest absolute Gasteiger partial charge is 0.338 e. The topological polar surface area (TPSA) is 79.3 Å². The molecule has 0 aliphatic carbocycles. The van der Waals surface area contributed by atoms with Gasteiger partial charge in [-0.3, -0.25) is 4.79 Å². The molecule has 0 radical (unpaired) electrons. The summed E-state index contributed by atoms with van der Waals surface area (Å²) in [6.07, 6.45) is 1.78. The van der Waals surface area contributed by atoms with Crippen LogP contribution in [0.25, 0.3) is 5.69 Å². The number of benzene rings is 2. The average molecular weight is 436 g/mol. The summed E-state index contributed by atoms with van der Waals surface area (Å²) < 4.78 is 15.0. The number of halogens is 1. The van der Waals surface area contributed by atoms with Gasteiger partial charge in [0.05, 0.1) is 5.69 Å². The van der Waals surface area contributed by atoms with Gasteiger partial charge in [-0.05, 0) is 62.1 Å². The molecule has 3 aromatic rings. The Morgan fingerprint density at radius 3 is 2.72 bits per heavy atom. The second-order valence-corrected chi connectivity index (χ2v) is 8.02. The van der Waals surface area contributed by atoms with Crippen molar-refractivity contribution in [2.45, 2.75) is 19.8 Å². The molecular formula is C24H26FN5O2. The molecule has 2 aromatic carbocycles. The van der Waals surface area contributed by atoms with E-state index in [0.29, 0.717) is 31.0 Å². The predicted octanol–water partition coefficient (Wildman–Crippen LogP) is 3.99. The lowest BCUT2D eigenvalue weighted by Gasteiger charge is -2.32. The third-order valence-corrected chi connectivity index (χ3v) is 5.55. The van der Waals surface area contributed by atoms with Gasteiger partial charge >= 0.3 is 6.03 Å². The Kier molecular flexibility index (Phi) is 6.49. The predicted molar refractivity (Wildman–Crippen MR) is 120 cm³/mol. The first-order valence-corrected chi connectivity index (χ1v) is 10.7. The van der Waals surface area contributed by atoms with E-state index in [4.69, 9.17) is 0 Å². The van der Waals surface area contributed by atoms with Crippen molar-refractivity contribution in [3.63, 3.8) is 0 Å². The van der Waals surface area contributed by atoms with Crippen molar-refractivity contribution in [3.05, 3.63) is 77.9 Å². The number of hydrogen-bond donors (Lipinski definition) is 2. The van der Waals surface area contributed by atoms with Gasteiger partial charge in [0.25, 0.3) is 5.91 Å². The maximum Gasteiger partial charge on any atom is 0.319 e. The number of urea groups is 1. The van der Waals surface area contributed by atoms with Gasteiger partial charge in [-0.25, -0.2) is 13.9 Å².